The zero-order valence-corrected chi connectivity index (χ0v) is 69.9. The van der Waals surface area contributed by atoms with Crippen LogP contribution >= 0.6 is 15.9 Å². The van der Waals surface area contributed by atoms with Gasteiger partial charge in [0.25, 0.3) is 0 Å². The molecule has 0 spiro atoms. The Morgan fingerprint density at radius 3 is 1.11 bits per heavy atom. The minimum atomic E-state index is -1.21. The number of esters is 4. The lowest BCUT2D eigenvalue weighted by atomic mass is 9.76. The number of carboxylic acids is 1. The van der Waals surface area contributed by atoms with Crippen LogP contribution < -0.4 is 0 Å². The van der Waals surface area contributed by atoms with Gasteiger partial charge in [0.15, 0.2) is 0 Å². The summed E-state index contributed by atoms with van der Waals surface area (Å²) in [5.74, 6) is -4.61. The molecule has 121 heavy (non-hydrogen) atoms. The monoisotopic (exact) mass is 1730 g/mol. The molecule has 5 heterocycles. The third kappa shape index (κ3) is 31.4. The first-order valence-electron chi connectivity index (χ1n) is 41.1. The Morgan fingerprint density at radius 1 is 0.455 bits per heavy atom. The zero-order valence-electron chi connectivity index (χ0n) is 69.3. The molecule has 0 aliphatic carbocycles. The van der Waals surface area contributed by atoms with E-state index in [1.165, 1.54) is 101 Å². The predicted octanol–water partition coefficient (Wildman–Crippen LogP) is 20.5. The number of benzene rings is 10. The number of carboxylic acid groups (broad SMARTS) is 1. The van der Waals surface area contributed by atoms with Crippen LogP contribution in [0.25, 0.3) is 0 Å². The van der Waals surface area contributed by atoms with Gasteiger partial charge in [-0.15, -0.1) is 0 Å². The van der Waals surface area contributed by atoms with E-state index in [-0.39, 0.29) is 91.5 Å². The van der Waals surface area contributed by atoms with Crippen LogP contribution in [0, 0.1) is 29.1 Å². The lowest BCUT2D eigenvalue weighted by Gasteiger charge is -2.38. The summed E-state index contributed by atoms with van der Waals surface area (Å²) < 4.78 is 106. The maximum Gasteiger partial charge on any atom is 0.319 e. The normalized spacial score (nSPS) is 18.4. The van der Waals surface area contributed by atoms with Crippen molar-refractivity contribution in [2.75, 3.05) is 55.3 Å². The topological polar surface area (TPSA) is 178 Å². The van der Waals surface area contributed by atoms with E-state index in [9.17, 15) is 60.5 Å². The summed E-state index contributed by atoms with van der Waals surface area (Å²) in [5, 5.41) is 20.5. The number of ether oxygens (including phenoxy) is 5. The SMILES string of the molecule is C.C1CCOC1.CN1C2CCC1CC(OC(=O)C(CO)(Cc1ccc(F)cc1)c1ccccc1)C2.CN1C2CCC1CC(OC(=O)C(Cc1ccc(F)cc1)c1ccccc1)C2.COC(=O)C(Cc1ccc(F)cc1)c1ccccc1.COC(=O)Cc1ccccc1.Fc1ccc(CBr)cc1.O=C(O)C(Cc1ccc(F)cc1)c1ccccc1.[2H]CF. The zero-order chi connectivity index (χ0) is 86.9. The standard InChI is InChI=1S/C24H28FNO3.C23H26FNO2.C16H15FO2.C15H13FO2.C9H10O2.C7H6BrF.C4H8O.CH3F.CH4/c1-26-20-11-12-21(26)14-22(13-20)29-23(28)24(16-27,18-5-3-2-4-6-18)15-17-7-9-19(25)10-8-17;1-25-19-11-12-20(25)15-21(14-19)27-23(26)22(17-5-3-2-4-6-17)13-16-7-9-18(24)10-8-16;1-19-16(18)15(13-5-3-2-4-6-13)11-12-7-9-14(17)10-8-12;16-13-8-6-11(7-9-13)10-14(15(17)18)12-4-2-1-3-5-12;1-11-9(10)7-8-5-3-2-4-6-8;8-5-6-1-3-7(9)4-2-6;1-2-4-5-3-1;1-2;/h2-10,20-22,27H,11-16H2,1H3;2-10,19-22H,11-15H2,1H3;2-10,15H,11H2,1H3;1-9,14H,10H2,(H,17,18);2-6H,7H2,1H3;1-4H,5H2;1-4H2;1H3;1H4/i;;;;;;;1D;. The molecule has 21 heteroatoms. The van der Waals surface area contributed by atoms with Crippen LogP contribution in [-0.4, -0.2) is 142 Å². The lowest BCUT2D eigenvalue weighted by Crippen LogP contribution is -2.48. The van der Waals surface area contributed by atoms with E-state index in [0.717, 1.165) is 107 Å². The van der Waals surface area contributed by atoms with E-state index in [2.05, 4.69) is 44.6 Å². The van der Waals surface area contributed by atoms with Gasteiger partial charge in [-0.25, -0.2) is 22.0 Å². The Balaban J connectivity index is 0.000000204. The van der Waals surface area contributed by atoms with Gasteiger partial charge in [0.05, 0.1) is 53.5 Å². The van der Waals surface area contributed by atoms with Crippen molar-refractivity contribution in [1.82, 2.24) is 9.80 Å². The maximum absolute atomic E-state index is 13.5. The lowest BCUT2D eigenvalue weighted by molar-refractivity contribution is -0.161. The fourth-order valence-electron chi connectivity index (χ4n) is 15.3. The molecular weight excluding hydrogens is 1610 g/mol. The van der Waals surface area contributed by atoms with Gasteiger partial charge in [-0.1, -0.05) is 236 Å². The van der Waals surface area contributed by atoms with E-state index >= 15 is 0 Å². The van der Waals surface area contributed by atoms with Crippen molar-refractivity contribution in [2.45, 2.75) is 169 Å². The third-order valence-electron chi connectivity index (χ3n) is 22.1. The minimum Gasteiger partial charge on any atom is -0.481 e. The van der Waals surface area contributed by atoms with E-state index in [4.69, 9.17) is 20.3 Å². The summed E-state index contributed by atoms with van der Waals surface area (Å²) in [4.78, 5) is 65.4. The van der Waals surface area contributed by atoms with Crippen LogP contribution in [0.1, 0.15) is 146 Å². The van der Waals surface area contributed by atoms with Gasteiger partial charge in [-0.3, -0.25) is 28.4 Å². The number of hydrogen-bond acceptors (Lipinski definition) is 13. The largest absolute Gasteiger partial charge is 0.481 e. The summed E-state index contributed by atoms with van der Waals surface area (Å²) in [6, 6.07) is 80.0. The van der Waals surface area contributed by atoms with Gasteiger partial charge >= 0.3 is 29.8 Å². The third-order valence-corrected chi connectivity index (χ3v) is 22.8. The molecule has 0 saturated carbocycles. The number of fused-ring (bicyclic) bond motifs is 4. The number of carbonyl (C=O) groups is 5. The summed E-state index contributed by atoms with van der Waals surface area (Å²) in [6.07, 6.45) is 12.7. The van der Waals surface area contributed by atoms with Crippen LogP contribution in [0.15, 0.2) is 273 Å². The smallest absolute Gasteiger partial charge is 0.319 e. The molecule has 5 aliphatic heterocycles. The first kappa shape index (κ1) is 95.9. The molecule has 5 aliphatic rings. The van der Waals surface area contributed by atoms with Crippen molar-refractivity contribution in [3.8, 4) is 0 Å². The molecule has 0 aromatic heterocycles. The van der Waals surface area contributed by atoms with Crippen molar-refractivity contribution >= 4 is 45.8 Å². The highest BCUT2D eigenvalue weighted by atomic mass is 79.9. The number of carbonyl (C=O) groups excluding carboxylic acids is 4. The number of rotatable bonds is 22. The summed E-state index contributed by atoms with van der Waals surface area (Å²) in [6.45, 7) is 1.63. The highest BCUT2D eigenvalue weighted by molar-refractivity contribution is 9.08. The van der Waals surface area contributed by atoms with Crippen molar-refractivity contribution in [2.24, 2.45) is 0 Å². The number of methoxy groups -OCH3 is 2. The molecule has 8 atom stereocenters. The van der Waals surface area contributed by atoms with Crippen molar-refractivity contribution < 1.29 is 85.6 Å². The van der Waals surface area contributed by atoms with Crippen LogP contribution in [0.3, 0.4) is 0 Å². The summed E-state index contributed by atoms with van der Waals surface area (Å²) in [7, 11) is 6.10. The molecule has 0 amide bonds. The molecule has 644 valence electrons. The Hall–Kier alpha value is -10.6. The average Bonchev–Trinajstić information content (AvgIpc) is 1.47. The molecule has 10 aromatic carbocycles. The number of aliphatic hydroxyl groups is 1. The van der Waals surface area contributed by atoms with Gasteiger partial charge in [0, 0.05) is 42.7 Å². The van der Waals surface area contributed by atoms with E-state index in [1.54, 1.807) is 72.8 Å². The molecule has 15 rings (SSSR count). The second-order valence-corrected chi connectivity index (χ2v) is 30.7. The first-order chi connectivity index (χ1) is 58.5. The highest BCUT2D eigenvalue weighted by Crippen LogP contribution is 2.40. The average molecular weight is 1730 g/mol. The number of nitrogens with zero attached hydrogens (tertiary/aromatic N) is 2. The van der Waals surface area contributed by atoms with Crippen LogP contribution in [0.2, 0.25) is 0 Å². The van der Waals surface area contributed by atoms with Gasteiger partial charge in [-0.05, 0) is 220 Å². The molecule has 14 nitrogen and oxygen atoms in total. The van der Waals surface area contributed by atoms with Gasteiger partial charge in [0.1, 0.15) is 46.7 Å². The second-order valence-electron chi connectivity index (χ2n) is 30.1. The highest BCUT2D eigenvalue weighted by Gasteiger charge is 2.46. The molecule has 8 unspecified atom stereocenters. The van der Waals surface area contributed by atoms with Crippen molar-refractivity contribution in [3.63, 3.8) is 0 Å². The van der Waals surface area contributed by atoms with Crippen molar-refractivity contribution in [1.29, 1.82) is 0 Å². The Kier molecular flexibility index (Phi) is 41.2. The van der Waals surface area contributed by atoms with Crippen LogP contribution in [0.5, 0.6) is 0 Å². The number of aliphatic hydroxyl groups excluding tert-OH is 1. The number of aliphatic carboxylic acids is 1. The Bertz CT molecular complexity index is 4620. The molecule has 10 aromatic rings. The molecule has 4 bridgehead atoms. The Labute approximate surface area is 718 Å². The molecule has 0 radical (unpaired) electrons. The fourth-order valence-corrected chi connectivity index (χ4v) is 15.7. The molecular formula is C100H113BrF6N2O12. The van der Waals surface area contributed by atoms with E-state index in [1.807, 2.05) is 140 Å². The minimum absolute atomic E-state index is 0. The van der Waals surface area contributed by atoms with Gasteiger partial charge in [-0.2, -0.15) is 0 Å². The van der Waals surface area contributed by atoms with Crippen molar-refractivity contribution in [3.05, 3.63) is 358 Å². The first-order valence-corrected chi connectivity index (χ1v) is 41.5. The van der Waals surface area contributed by atoms with E-state index < -0.39 is 30.4 Å². The second kappa shape index (κ2) is 51.9. The number of piperidine rings is 2. The molecule has 5 fully saturated rings. The quantitative estimate of drug-likeness (QED) is 0.0283. The van der Waals surface area contributed by atoms with Crippen LogP contribution in [-0.2, 0) is 90.5 Å². The summed E-state index contributed by atoms with van der Waals surface area (Å²) >= 11 is 3.26. The summed E-state index contributed by atoms with van der Waals surface area (Å²) in [5.41, 5.74) is 7.63. The maximum atomic E-state index is 13.5. The van der Waals surface area contributed by atoms with Gasteiger partial charge in [0.2, 0.25) is 0 Å². The fraction of sp³-hybridized carbons (Fsp3) is 0.350. The number of alkyl halides is 2. The molecule has 2 N–H and O–H groups in total. The van der Waals surface area contributed by atoms with Gasteiger partial charge < -0.3 is 43.7 Å². The molecule has 5 saturated heterocycles. The van der Waals surface area contributed by atoms with Crippen LogP contribution in [0.4, 0.5) is 26.3 Å². The Morgan fingerprint density at radius 2 is 0.777 bits per heavy atom. The van der Waals surface area contributed by atoms with E-state index in [0.29, 0.717) is 55.4 Å². The number of halogens is 7. The predicted molar refractivity (Wildman–Crippen MR) is 465 cm³/mol. The number of hydrogen-bond donors (Lipinski definition) is 2.